The number of benzene rings is 6. The van der Waals surface area contributed by atoms with Crippen molar-refractivity contribution in [3.63, 3.8) is 0 Å². The highest BCUT2D eigenvalue weighted by Gasteiger charge is 2.49. The molecule has 11 rings (SSSR count). The molecule has 2 heteroatoms. The molecule has 6 aromatic carbocycles. The monoisotopic (exact) mass is 857 g/mol. The number of hydrogen-bond acceptors (Lipinski definition) is 2. The van der Waals surface area contributed by atoms with Crippen molar-refractivity contribution < 1.29 is 0 Å². The maximum Gasteiger partial charge on any atom is 0.0527 e. The van der Waals surface area contributed by atoms with Gasteiger partial charge in [0.2, 0.25) is 0 Å². The number of aryl methyl sites for hydroxylation is 2. The predicted octanol–water partition coefficient (Wildman–Crippen LogP) is 17.3. The highest BCUT2D eigenvalue weighted by atomic mass is 15.2. The molecular weight excluding hydrogens is 785 g/mol. The van der Waals surface area contributed by atoms with Crippen LogP contribution < -0.4 is 9.80 Å². The Labute approximate surface area is 391 Å². The molecule has 0 bridgehead atoms. The van der Waals surface area contributed by atoms with E-state index in [9.17, 15) is 0 Å². The average molecular weight is 857 g/mol. The average Bonchev–Trinajstić information content (AvgIpc) is 3.62. The molecule has 0 saturated heterocycles. The van der Waals surface area contributed by atoms with Crippen molar-refractivity contribution in [3.05, 3.63) is 175 Å². The fourth-order valence-corrected chi connectivity index (χ4v) is 15.0. The molecule has 0 fully saturated rings. The lowest BCUT2D eigenvalue weighted by atomic mass is 9.71. The van der Waals surface area contributed by atoms with E-state index in [1.165, 1.54) is 106 Å². The SMILES string of the molecule is Cc1cc2c3c(c1)N(c1cc4c(cc1C)C(C)(C)CC4(C)C)c1cc(C(C)(C)c4ccccc4)ccc1C3c1cc3c(cc1N2c1ccc2c(c1)C(C)(C)CC2(C)C)C(C)(C)CC3(C)C. The van der Waals surface area contributed by atoms with Crippen LogP contribution in [-0.2, 0) is 37.9 Å². The fourth-order valence-electron chi connectivity index (χ4n) is 15.0. The molecule has 5 aliphatic rings. The molecule has 3 aliphatic carbocycles. The van der Waals surface area contributed by atoms with Crippen molar-refractivity contribution in [1.29, 1.82) is 0 Å². The summed E-state index contributed by atoms with van der Waals surface area (Å²) in [4.78, 5) is 5.40. The second kappa shape index (κ2) is 13.1. The molecular formula is C63H72N2. The standard InChI is InChI=1S/C63H72N2/c1-37-26-53-56-54(27-37)65(50-32-48-45(28-38(50)2)58(5,6)35-61(48,11)12)51-29-40(63(15,16)39-20-18-17-19-21-39)22-24-42(51)55(56)43-31-47-49(62(13,14)36-60(47,9)10)33-52(43)64(53)41-23-25-44-46(30-41)59(7,8)34-57(44,3)4/h17-33,55H,34-36H2,1-16H3. The molecule has 65 heavy (non-hydrogen) atoms. The van der Waals surface area contributed by atoms with Crippen LogP contribution in [0.5, 0.6) is 0 Å². The smallest absolute Gasteiger partial charge is 0.0527 e. The fraction of sp³-hybridized carbons (Fsp3) is 0.429. The second-order valence-electron chi connectivity index (χ2n) is 25.8. The molecule has 0 spiro atoms. The van der Waals surface area contributed by atoms with Crippen LogP contribution in [0.25, 0.3) is 0 Å². The Morgan fingerprint density at radius 2 is 0.908 bits per heavy atom. The minimum Gasteiger partial charge on any atom is -0.310 e. The molecule has 1 atom stereocenters. The Morgan fingerprint density at radius 3 is 1.51 bits per heavy atom. The van der Waals surface area contributed by atoms with Gasteiger partial charge in [0.05, 0.1) is 22.7 Å². The summed E-state index contributed by atoms with van der Waals surface area (Å²) >= 11 is 0. The summed E-state index contributed by atoms with van der Waals surface area (Å²) in [5.74, 6) is 0.0618. The van der Waals surface area contributed by atoms with Gasteiger partial charge < -0.3 is 9.80 Å². The van der Waals surface area contributed by atoms with Gasteiger partial charge in [-0.3, -0.25) is 0 Å². The number of rotatable bonds is 4. The van der Waals surface area contributed by atoms with Gasteiger partial charge in [-0.2, -0.15) is 0 Å². The Bertz CT molecular complexity index is 3020. The first-order valence-electron chi connectivity index (χ1n) is 24.7. The zero-order valence-corrected chi connectivity index (χ0v) is 42.4. The van der Waals surface area contributed by atoms with E-state index in [-0.39, 0.29) is 43.8 Å². The molecule has 1 unspecified atom stereocenters. The summed E-state index contributed by atoms with van der Waals surface area (Å²) < 4.78 is 0. The van der Waals surface area contributed by atoms with Gasteiger partial charge in [0.25, 0.3) is 0 Å². The van der Waals surface area contributed by atoms with Crippen LogP contribution in [0.15, 0.2) is 103 Å². The van der Waals surface area contributed by atoms with Crippen molar-refractivity contribution in [1.82, 2.24) is 0 Å². The third kappa shape index (κ3) is 5.96. The van der Waals surface area contributed by atoms with Gasteiger partial charge in [-0.15, -0.1) is 0 Å². The molecule has 0 aromatic heterocycles. The molecule has 334 valence electrons. The largest absolute Gasteiger partial charge is 0.310 e. The van der Waals surface area contributed by atoms with Crippen LogP contribution in [-0.4, -0.2) is 0 Å². The van der Waals surface area contributed by atoms with E-state index in [0.29, 0.717) is 0 Å². The van der Waals surface area contributed by atoms with E-state index in [1.54, 1.807) is 0 Å². The van der Waals surface area contributed by atoms with Crippen LogP contribution in [0, 0.1) is 13.8 Å². The van der Waals surface area contributed by atoms with E-state index in [0.717, 1.165) is 19.3 Å². The molecule has 0 N–H and O–H groups in total. The third-order valence-corrected chi connectivity index (χ3v) is 17.4. The minimum absolute atomic E-state index is 0.0618. The lowest BCUT2D eigenvalue weighted by Gasteiger charge is -2.46. The van der Waals surface area contributed by atoms with E-state index in [4.69, 9.17) is 0 Å². The Hall–Kier alpha value is -5.08. The molecule has 0 amide bonds. The van der Waals surface area contributed by atoms with Gasteiger partial charge >= 0.3 is 0 Å². The number of anilines is 6. The quantitative estimate of drug-likeness (QED) is 0.174. The molecule has 2 heterocycles. The van der Waals surface area contributed by atoms with Gasteiger partial charge in [0, 0.05) is 28.3 Å². The van der Waals surface area contributed by atoms with E-state index < -0.39 is 0 Å². The number of fused-ring (bicyclic) bond motifs is 7. The summed E-state index contributed by atoms with van der Waals surface area (Å²) in [5, 5.41) is 0. The van der Waals surface area contributed by atoms with Crippen molar-refractivity contribution in [2.75, 3.05) is 9.80 Å². The molecule has 2 nitrogen and oxygen atoms in total. The summed E-state index contributed by atoms with van der Waals surface area (Å²) in [6.07, 6.45) is 3.43. The van der Waals surface area contributed by atoms with E-state index in [1.807, 2.05) is 0 Å². The van der Waals surface area contributed by atoms with Crippen molar-refractivity contribution >= 4 is 34.1 Å². The van der Waals surface area contributed by atoms with Crippen LogP contribution in [0.2, 0.25) is 0 Å². The first-order chi connectivity index (χ1) is 30.2. The molecule has 0 radical (unpaired) electrons. The lowest BCUT2D eigenvalue weighted by molar-refractivity contribution is 0.402. The van der Waals surface area contributed by atoms with Gasteiger partial charge in [-0.1, -0.05) is 158 Å². The normalized spacial score (nSPS) is 21.6. The topological polar surface area (TPSA) is 6.48 Å². The summed E-state index contributed by atoms with van der Waals surface area (Å²) in [5.41, 5.74) is 26.7. The maximum absolute atomic E-state index is 2.71. The van der Waals surface area contributed by atoms with Gasteiger partial charge in [0.15, 0.2) is 0 Å². The molecule has 2 aliphatic heterocycles. The predicted molar refractivity (Wildman–Crippen MR) is 277 cm³/mol. The van der Waals surface area contributed by atoms with Crippen LogP contribution in [0.4, 0.5) is 34.1 Å². The van der Waals surface area contributed by atoms with Crippen LogP contribution in [0.3, 0.4) is 0 Å². The highest BCUT2D eigenvalue weighted by Crippen LogP contribution is 2.64. The summed E-state index contributed by atoms with van der Waals surface area (Å²) in [7, 11) is 0. The first-order valence-corrected chi connectivity index (χ1v) is 24.7. The second-order valence-corrected chi connectivity index (χ2v) is 25.8. The van der Waals surface area contributed by atoms with Gasteiger partial charge in [-0.05, 0) is 175 Å². The van der Waals surface area contributed by atoms with Crippen molar-refractivity contribution in [3.8, 4) is 0 Å². The Morgan fingerprint density at radius 1 is 0.415 bits per heavy atom. The lowest BCUT2D eigenvalue weighted by Crippen LogP contribution is -2.31. The van der Waals surface area contributed by atoms with Crippen LogP contribution in [0.1, 0.15) is 194 Å². The van der Waals surface area contributed by atoms with Crippen molar-refractivity contribution in [2.24, 2.45) is 0 Å². The third-order valence-electron chi connectivity index (χ3n) is 17.4. The maximum atomic E-state index is 2.71. The first kappa shape index (κ1) is 42.5. The van der Waals surface area contributed by atoms with Crippen molar-refractivity contribution in [2.45, 2.75) is 174 Å². The van der Waals surface area contributed by atoms with E-state index >= 15 is 0 Å². The number of nitrogens with zero attached hydrogens (tertiary/aromatic N) is 2. The Balaban J connectivity index is 1.25. The van der Waals surface area contributed by atoms with Gasteiger partial charge in [0.1, 0.15) is 0 Å². The molecule has 0 saturated carbocycles. The summed E-state index contributed by atoms with van der Waals surface area (Å²) in [6.45, 7) is 39.0. The molecule has 6 aromatic rings. The zero-order chi connectivity index (χ0) is 46.3. The Kier molecular flexibility index (Phi) is 8.56. The summed E-state index contributed by atoms with van der Waals surface area (Å²) in [6, 6.07) is 41.7. The zero-order valence-electron chi connectivity index (χ0n) is 42.4. The number of hydrogen-bond donors (Lipinski definition) is 0. The highest BCUT2D eigenvalue weighted by molar-refractivity contribution is 5.98. The van der Waals surface area contributed by atoms with Gasteiger partial charge in [-0.25, -0.2) is 0 Å². The van der Waals surface area contributed by atoms with E-state index in [2.05, 4.69) is 224 Å². The van der Waals surface area contributed by atoms with Crippen LogP contribution >= 0.6 is 0 Å². The minimum atomic E-state index is -0.202.